The number of hydrogen-bond acceptors (Lipinski definition) is 4. The minimum Gasteiger partial charge on any atom is -0.376 e. The van der Waals surface area contributed by atoms with Gasteiger partial charge in [-0.15, -0.1) is 0 Å². The summed E-state index contributed by atoms with van der Waals surface area (Å²) in [5.74, 6) is 0.377. The lowest BCUT2D eigenvalue weighted by Gasteiger charge is -2.15. The van der Waals surface area contributed by atoms with Gasteiger partial charge in [0.25, 0.3) is 0 Å². The minimum atomic E-state index is -3.93. The van der Waals surface area contributed by atoms with Crippen LogP contribution in [0.15, 0.2) is 53.4 Å². The lowest BCUT2D eigenvalue weighted by Crippen LogP contribution is -2.20. The summed E-state index contributed by atoms with van der Waals surface area (Å²) in [5.41, 5.74) is 4.76. The molecule has 2 heterocycles. The molecular formula is C21H22N2O3S. The molecule has 27 heavy (non-hydrogen) atoms. The van der Waals surface area contributed by atoms with Gasteiger partial charge < -0.3 is 14.5 Å². The van der Waals surface area contributed by atoms with Gasteiger partial charge >= 0.3 is 10.1 Å². The summed E-state index contributed by atoms with van der Waals surface area (Å²) in [7, 11) is -3.93. The lowest BCUT2D eigenvalue weighted by atomic mass is 10.1. The average molecular weight is 382 g/mol. The van der Waals surface area contributed by atoms with Crippen molar-refractivity contribution in [3.63, 3.8) is 0 Å². The molecule has 0 fully saturated rings. The molecule has 6 heteroatoms. The van der Waals surface area contributed by atoms with Crippen LogP contribution in [0.4, 0.5) is 0 Å². The van der Waals surface area contributed by atoms with E-state index in [-0.39, 0.29) is 4.90 Å². The van der Waals surface area contributed by atoms with E-state index in [1.807, 2.05) is 32.0 Å². The van der Waals surface area contributed by atoms with Crippen LogP contribution in [0.2, 0.25) is 0 Å². The van der Waals surface area contributed by atoms with E-state index < -0.39 is 10.1 Å². The molecule has 4 rings (SSSR count). The van der Waals surface area contributed by atoms with Crippen LogP contribution in [0.1, 0.15) is 23.2 Å². The van der Waals surface area contributed by atoms with Gasteiger partial charge in [0.2, 0.25) is 0 Å². The normalized spacial score (nSPS) is 15.0. The Balaban J connectivity index is 1.85. The molecule has 0 spiro atoms. The number of benzene rings is 2. The topological polar surface area (TPSA) is 71.2 Å². The first-order valence-corrected chi connectivity index (χ1v) is 10.4. The highest BCUT2D eigenvalue weighted by Gasteiger charge is 2.24. The monoisotopic (exact) mass is 382 g/mol. The van der Waals surface area contributed by atoms with E-state index in [9.17, 15) is 8.42 Å². The Labute approximate surface area is 159 Å². The predicted octanol–water partition coefficient (Wildman–Crippen LogP) is 3.93. The average Bonchev–Trinajstić information content (AvgIpc) is 3.02. The number of nitrogens with one attached hydrogen (secondary N) is 2. The van der Waals surface area contributed by atoms with Crippen LogP contribution in [0.3, 0.4) is 0 Å². The van der Waals surface area contributed by atoms with Gasteiger partial charge in [-0.05, 0) is 56.1 Å². The maximum absolute atomic E-state index is 12.9. The second kappa shape index (κ2) is 6.87. The van der Waals surface area contributed by atoms with Gasteiger partial charge in [0, 0.05) is 11.9 Å². The van der Waals surface area contributed by atoms with Gasteiger partial charge in [0.15, 0.2) is 5.75 Å². The van der Waals surface area contributed by atoms with Crippen LogP contribution in [0.5, 0.6) is 5.75 Å². The van der Waals surface area contributed by atoms with Crippen LogP contribution in [-0.4, -0.2) is 26.5 Å². The first-order chi connectivity index (χ1) is 13.0. The molecule has 140 valence electrons. The summed E-state index contributed by atoms with van der Waals surface area (Å²) in [5, 5.41) is 4.06. The number of aromatic amines is 1. The molecule has 0 saturated heterocycles. The van der Waals surface area contributed by atoms with E-state index in [2.05, 4.69) is 16.4 Å². The van der Waals surface area contributed by atoms with Crippen LogP contribution in [0.25, 0.3) is 16.5 Å². The predicted molar refractivity (Wildman–Crippen MR) is 107 cm³/mol. The summed E-state index contributed by atoms with van der Waals surface area (Å²) in [6, 6.07) is 12.5. The van der Waals surface area contributed by atoms with Crippen molar-refractivity contribution in [2.45, 2.75) is 25.2 Å². The maximum atomic E-state index is 12.9. The number of hydrogen-bond donors (Lipinski definition) is 2. The number of rotatable bonds is 4. The molecule has 0 aliphatic carbocycles. The van der Waals surface area contributed by atoms with E-state index in [4.69, 9.17) is 4.18 Å². The summed E-state index contributed by atoms with van der Waals surface area (Å²) in [6.07, 6.45) is 2.89. The Bertz CT molecular complexity index is 1130. The van der Waals surface area contributed by atoms with Crippen molar-refractivity contribution in [1.82, 2.24) is 10.3 Å². The summed E-state index contributed by atoms with van der Waals surface area (Å²) >= 11 is 0. The molecule has 3 aromatic rings. The fourth-order valence-corrected chi connectivity index (χ4v) is 4.32. The number of aromatic nitrogens is 1. The fraction of sp³-hybridized carbons (Fsp3) is 0.238. The molecule has 0 amide bonds. The molecule has 2 aromatic carbocycles. The molecule has 0 bridgehead atoms. The third-order valence-corrected chi connectivity index (χ3v) is 6.12. The largest absolute Gasteiger partial charge is 0.376 e. The standard InChI is InChI=1S/C21H22N2O3S/c1-14-6-8-17(9-7-14)27(24,25)26-21-18-5-3-4-15(2)19(18)23-20(21)16-10-12-22-13-11-16/h3-10,22-23H,11-13H2,1-2H3. The molecule has 2 N–H and O–H groups in total. The van der Waals surface area contributed by atoms with Gasteiger partial charge in [-0.3, -0.25) is 0 Å². The highest BCUT2D eigenvalue weighted by atomic mass is 32.2. The third kappa shape index (κ3) is 3.38. The number of H-pyrrole nitrogens is 1. The van der Waals surface area contributed by atoms with Crippen molar-refractivity contribution >= 4 is 26.6 Å². The van der Waals surface area contributed by atoms with Crippen molar-refractivity contribution in [3.8, 4) is 5.75 Å². The molecular weight excluding hydrogens is 360 g/mol. The lowest BCUT2D eigenvalue weighted by molar-refractivity contribution is 0.487. The van der Waals surface area contributed by atoms with Gasteiger partial charge in [0.1, 0.15) is 4.90 Å². The molecule has 0 radical (unpaired) electrons. The van der Waals surface area contributed by atoms with Gasteiger partial charge in [0.05, 0.1) is 11.2 Å². The SMILES string of the molecule is Cc1ccc(S(=O)(=O)Oc2c(C3=CCNCC3)[nH]c3c(C)cccc23)cc1. The van der Waals surface area contributed by atoms with Crippen molar-refractivity contribution in [2.75, 3.05) is 13.1 Å². The molecule has 1 aliphatic rings. The maximum Gasteiger partial charge on any atom is 0.339 e. The van der Waals surface area contributed by atoms with Crippen molar-refractivity contribution in [1.29, 1.82) is 0 Å². The molecule has 0 saturated carbocycles. The Morgan fingerprint density at radius 1 is 1.04 bits per heavy atom. The van der Waals surface area contributed by atoms with E-state index in [0.717, 1.165) is 52.8 Å². The molecule has 0 atom stereocenters. The molecule has 5 nitrogen and oxygen atoms in total. The van der Waals surface area contributed by atoms with E-state index >= 15 is 0 Å². The van der Waals surface area contributed by atoms with E-state index in [1.165, 1.54) is 0 Å². The molecule has 1 aliphatic heterocycles. The Kier molecular flexibility index (Phi) is 4.53. The number of para-hydroxylation sites is 1. The molecule has 0 unspecified atom stereocenters. The number of fused-ring (bicyclic) bond motifs is 1. The minimum absolute atomic E-state index is 0.153. The van der Waals surface area contributed by atoms with E-state index in [1.54, 1.807) is 24.3 Å². The second-order valence-corrected chi connectivity index (χ2v) is 8.41. The van der Waals surface area contributed by atoms with Crippen molar-refractivity contribution < 1.29 is 12.6 Å². The highest BCUT2D eigenvalue weighted by molar-refractivity contribution is 7.87. The summed E-state index contributed by atoms with van der Waals surface area (Å²) in [6.45, 7) is 5.53. The van der Waals surface area contributed by atoms with Crippen LogP contribution < -0.4 is 9.50 Å². The zero-order valence-electron chi connectivity index (χ0n) is 15.4. The fourth-order valence-electron chi connectivity index (χ4n) is 3.36. The van der Waals surface area contributed by atoms with Gasteiger partial charge in [-0.25, -0.2) is 0 Å². The van der Waals surface area contributed by atoms with Crippen LogP contribution >= 0.6 is 0 Å². The Hall–Kier alpha value is -2.57. The third-order valence-electron chi connectivity index (χ3n) is 4.88. The Morgan fingerprint density at radius 2 is 1.81 bits per heavy atom. The first-order valence-electron chi connectivity index (χ1n) is 8.98. The molecule has 1 aromatic heterocycles. The summed E-state index contributed by atoms with van der Waals surface area (Å²) < 4.78 is 31.5. The smallest absolute Gasteiger partial charge is 0.339 e. The van der Waals surface area contributed by atoms with Crippen molar-refractivity contribution in [2.24, 2.45) is 0 Å². The highest BCUT2D eigenvalue weighted by Crippen LogP contribution is 2.38. The summed E-state index contributed by atoms with van der Waals surface area (Å²) in [4.78, 5) is 3.55. The quantitative estimate of drug-likeness (QED) is 0.671. The second-order valence-electron chi connectivity index (χ2n) is 6.86. The van der Waals surface area contributed by atoms with Gasteiger partial charge in [-0.1, -0.05) is 35.9 Å². The van der Waals surface area contributed by atoms with Gasteiger partial charge in [-0.2, -0.15) is 8.42 Å². The zero-order chi connectivity index (χ0) is 19.0. The van der Waals surface area contributed by atoms with Crippen molar-refractivity contribution in [3.05, 3.63) is 65.4 Å². The Morgan fingerprint density at radius 3 is 2.52 bits per heavy atom. The van der Waals surface area contributed by atoms with E-state index in [0.29, 0.717) is 5.75 Å². The number of aryl methyl sites for hydroxylation is 2. The zero-order valence-corrected chi connectivity index (χ0v) is 16.2. The van der Waals surface area contributed by atoms with Crippen LogP contribution in [-0.2, 0) is 10.1 Å². The van der Waals surface area contributed by atoms with Crippen LogP contribution in [0, 0.1) is 13.8 Å². The first kappa shape index (κ1) is 17.8.